The molecule has 8 rings (SSSR count). The van der Waals surface area contributed by atoms with Crippen molar-refractivity contribution in [3.63, 3.8) is 0 Å². The van der Waals surface area contributed by atoms with Crippen LogP contribution < -0.4 is 4.74 Å². The Balaban J connectivity index is 0.00000288. The molecule has 0 fully saturated rings. The summed E-state index contributed by atoms with van der Waals surface area (Å²) in [5, 5.41) is 5.74. The van der Waals surface area contributed by atoms with Crippen LogP contribution in [0.1, 0.15) is 26.3 Å². The Labute approximate surface area is 261 Å². The smallest absolute Gasteiger partial charge is 0.497 e. The fourth-order valence-electron chi connectivity index (χ4n) is 5.69. The van der Waals surface area contributed by atoms with Crippen molar-refractivity contribution in [3.8, 4) is 22.8 Å². The van der Waals surface area contributed by atoms with Gasteiger partial charge in [-0.05, 0) is 40.3 Å². The minimum absolute atomic E-state index is 0. The van der Waals surface area contributed by atoms with E-state index < -0.39 is 0 Å². The minimum Gasteiger partial charge on any atom is -0.497 e. The number of rotatable bonds is 3. The molecule has 0 atom stereocenters. The second kappa shape index (κ2) is 10.0. The van der Waals surface area contributed by atoms with Gasteiger partial charge in [-0.2, -0.15) is 0 Å². The fourth-order valence-corrected chi connectivity index (χ4v) is 6.80. The summed E-state index contributed by atoms with van der Waals surface area (Å²) in [5.74, 6) is 1.24. The number of thiophene rings is 1. The molecule has 4 aromatic carbocycles. The van der Waals surface area contributed by atoms with Gasteiger partial charge in [0, 0.05) is 55.8 Å². The zero-order valence-electron chi connectivity index (χ0n) is 23.2. The Morgan fingerprint density at radius 2 is 1.60 bits per heavy atom. The molecule has 0 radical (unpaired) electrons. The van der Waals surface area contributed by atoms with Crippen LogP contribution in [0.2, 0.25) is 0 Å². The molecule has 206 valence electrons. The van der Waals surface area contributed by atoms with Gasteiger partial charge in [0.2, 0.25) is 0 Å². The third kappa shape index (κ3) is 4.30. The quantitative estimate of drug-likeness (QED) is 0.108. The zero-order chi connectivity index (χ0) is 27.7. The molecule has 0 unspecified atom stereocenters. The maximum atomic E-state index is 6.32. The number of fused-ring (bicyclic) bond motifs is 10. The van der Waals surface area contributed by atoms with Crippen LogP contribution in [0.4, 0.5) is 0 Å². The van der Waals surface area contributed by atoms with Crippen LogP contribution in [0, 0.1) is 12.1 Å². The van der Waals surface area contributed by atoms with Crippen molar-refractivity contribution in [1.29, 1.82) is 0 Å². The average Bonchev–Trinajstić information content (AvgIpc) is 3.62. The maximum absolute atomic E-state index is 6.32. The van der Waals surface area contributed by atoms with Gasteiger partial charge in [0.05, 0.1) is 5.65 Å². The van der Waals surface area contributed by atoms with Crippen molar-refractivity contribution < 1.29 is 25.2 Å². The van der Waals surface area contributed by atoms with Crippen LogP contribution in [-0.2, 0) is 25.8 Å². The average molecular weight is 654 g/mol. The van der Waals surface area contributed by atoms with E-state index in [1.165, 1.54) is 36.6 Å². The van der Waals surface area contributed by atoms with Gasteiger partial charge in [-0.15, -0.1) is 41.2 Å². The summed E-state index contributed by atoms with van der Waals surface area (Å²) in [5.41, 5.74) is 5.07. The van der Waals surface area contributed by atoms with E-state index in [1.807, 2.05) is 54.2 Å². The second-order valence-electron chi connectivity index (χ2n) is 11.4. The molecule has 8 aromatic rings. The van der Waals surface area contributed by atoms with Gasteiger partial charge in [-0.3, -0.25) is 4.98 Å². The third-order valence-corrected chi connectivity index (χ3v) is 8.86. The summed E-state index contributed by atoms with van der Waals surface area (Å²) in [6.07, 6.45) is 5.76. The van der Waals surface area contributed by atoms with Crippen molar-refractivity contribution in [2.24, 2.45) is 0 Å². The first kappa shape index (κ1) is 26.8. The molecule has 4 nitrogen and oxygen atoms in total. The predicted octanol–water partition coefficient (Wildman–Crippen LogP) is 9.76. The van der Waals surface area contributed by atoms with Gasteiger partial charge in [-0.25, -0.2) is 0 Å². The third-order valence-electron chi connectivity index (χ3n) is 7.72. The number of imidazole rings is 1. The van der Waals surface area contributed by atoms with E-state index in [1.54, 1.807) is 0 Å². The Morgan fingerprint density at radius 1 is 0.762 bits per heavy atom. The van der Waals surface area contributed by atoms with Crippen molar-refractivity contribution in [1.82, 2.24) is 14.4 Å². The Hall–Kier alpha value is -4.08. The summed E-state index contributed by atoms with van der Waals surface area (Å²) in [7, 11) is 0. The monoisotopic (exact) mass is 653 g/mol. The van der Waals surface area contributed by atoms with Gasteiger partial charge in [0.1, 0.15) is 0 Å². The molecular weight excluding hydrogens is 629 g/mol. The minimum atomic E-state index is 0. The molecule has 0 N–H and O–H groups in total. The number of benzene rings is 4. The first-order valence-corrected chi connectivity index (χ1v) is 14.5. The standard InChI is InChI=1S/C36H25N3OS.Pd/c1-36(2,3)23-15-16-37-30(20-23)22-7-6-8-24(19-22)40-25-11-12-26-27-13-14-32-33(28-9-4-5-10-31(28)41-32)34(27)39-18-17-38-35(39)29(26)21-25;/h4-18,20H,1-3H3;/q-2;+2. The van der Waals surface area contributed by atoms with Gasteiger partial charge in [0.25, 0.3) is 0 Å². The molecule has 6 heteroatoms. The molecule has 0 amide bonds. The molecule has 0 saturated heterocycles. The van der Waals surface area contributed by atoms with Crippen molar-refractivity contribution in [2.45, 2.75) is 26.2 Å². The molecule has 0 bridgehead atoms. The van der Waals surface area contributed by atoms with Crippen LogP contribution in [0.3, 0.4) is 0 Å². The van der Waals surface area contributed by atoms with E-state index in [0.29, 0.717) is 11.5 Å². The number of ether oxygens (including phenoxy) is 1. The van der Waals surface area contributed by atoms with E-state index in [9.17, 15) is 0 Å². The summed E-state index contributed by atoms with van der Waals surface area (Å²) >= 11 is 1.83. The Morgan fingerprint density at radius 3 is 2.48 bits per heavy atom. The topological polar surface area (TPSA) is 39.4 Å². The maximum Gasteiger partial charge on any atom is 2.00 e. The second-order valence-corrected chi connectivity index (χ2v) is 12.5. The summed E-state index contributed by atoms with van der Waals surface area (Å²) < 4.78 is 11.1. The molecule has 0 saturated carbocycles. The number of pyridine rings is 2. The molecule has 0 aliphatic heterocycles. The molecule has 0 aliphatic carbocycles. The fraction of sp³-hybridized carbons (Fsp3) is 0.111. The van der Waals surface area contributed by atoms with E-state index in [0.717, 1.165) is 27.7 Å². The van der Waals surface area contributed by atoms with Gasteiger partial charge in [-0.1, -0.05) is 80.1 Å². The van der Waals surface area contributed by atoms with Crippen molar-refractivity contribution >= 4 is 58.8 Å². The predicted molar refractivity (Wildman–Crippen MR) is 169 cm³/mol. The largest absolute Gasteiger partial charge is 2.00 e. The first-order valence-electron chi connectivity index (χ1n) is 13.7. The van der Waals surface area contributed by atoms with Crippen LogP contribution in [0.25, 0.3) is 58.8 Å². The summed E-state index contributed by atoms with van der Waals surface area (Å²) in [6, 6.07) is 34.2. The van der Waals surface area contributed by atoms with E-state index in [-0.39, 0.29) is 25.8 Å². The molecule has 4 heterocycles. The summed E-state index contributed by atoms with van der Waals surface area (Å²) in [4.78, 5) is 9.36. The SMILES string of the molecule is CC(C)(C)c1ccnc(-c2[c-]c(Oc3[c-]c4c(cc3)c3ccc5sc6ccccc6c5c3n3ccnc43)ccc2)c1.[Pd+2]. The normalized spacial score (nSPS) is 12.0. The van der Waals surface area contributed by atoms with E-state index in [2.05, 4.69) is 96.9 Å². The Kier molecular flexibility index (Phi) is 6.40. The van der Waals surface area contributed by atoms with Crippen LogP contribution in [0.5, 0.6) is 11.5 Å². The molecule has 42 heavy (non-hydrogen) atoms. The Bertz CT molecular complexity index is 2290. The van der Waals surface area contributed by atoms with Crippen molar-refractivity contribution in [2.75, 3.05) is 0 Å². The summed E-state index contributed by atoms with van der Waals surface area (Å²) in [6.45, 7) is 6.61. The van der Waals surface area contributed by atoms with E-state index >= 15 is 0 Å². The van der Waals surface area contributed by atoms with Crippen molar-refractivity contribution in [3.05, 3.63) is 115 Å². The molecule has 4 aromatic heterocycles. The van der Waals surface area contributed by atoms with Crippen LogP contribution in [0.15, 0.2) is 97.5 Å². The first-order chi connectivity index (χ1) is 19.9. The molecule has 0 aliphatic rings. The van der Waals surface area contributed by atoms with Crippen LogP contribution >= 0.6 is 11.3 Å². The number of hydrogen-bond acceptors (Lipinski definition) is 4. The number of hydrogen-bond donors (Lipinski definition) is 0. The molecule has 0 spiro atoms. The van der Waals surface area contributed by atoms with Gasteiger partial charge < -0.3 is 14.1 Å². The molecular formula is C36H25N3OPdS. The van der Waals surface area contributed by atoms with E-state index in [4.69, 9.17) is 9.72 Å². The van der Waals surface area contributed by atoms with Gasteiger partial charge >= 0.3 is 20.4 Å². The number of nitrogens with zero attached hydrogens (tertiary/aromatic N) is 3. The number of aromatic nitrogens is 3. The zero-order valence-corrected chi connectivity index (χ0v) is 25.6. The van der Waals surface area contributed by atoms with Crippen LogP contribution in [-0.4, -0.2) is 14.4 Å². The van der Waals surface area contributed by atoms with Gasteiger partial charge in [0.15, 0.2) is 0 Å².